The number of aromatic hydroxyl groups is 1. The number of amides is 1. The van der Waals surface area contributed by atoms with Crippen molar-refractivity contribution in [3.05, 3.63) is 94.8 Å². The van der Waals surface area contributed by atoms with E-state index in [0.29, 0.717) is 16.3 Å². The number of aliphatic hydroxyl groups excluding tert-OH is 1. The molecule has 1 aliphatic rings. The number of ketones is 1. The number of carbonyl (C=O) groups excluding carboxylic acids is 2. The van der Waals surface area contributed by atoms with Gasteiger partial charge in [0, 0.05) is 16.8 Å². The lowest BCUT2D eigenvalue weighted by atomic mass is 9.98. The first-order valence-electron chi connectivity index (χ1n) is 8.75. The smallest absolute Gasteiger partial charge is 0.300 e. The number of rotatable bonds is 3. The van der Waals surface area contributed by atoms with Crippen molar-refractivity contribution in [3.63, 3.8) is 0 Å². The van der Waals surface area contributed by atoms with E-state index in [4.69, 9.17) is 11.6 Å². The zero-order chi connectivity index (χ0) is 20.5. The van der Waals surface area contributed by atoms with E-state index < -0.39 is 17.7 Å². The van der Waals surface area contributed by atoms with Crippen molar-refractivity contribution in [1.29, 1.82) is 0 Å². The molecule has 29 heavy (non-hydrogen) atoms. The van der Waals surface area contributed by atoms with Gasteiger partial charge in [0.2, 0.25) is 0 Å². The van der Waals surface area contributed by atoms with Crippen molar-refractivity contribution in [2.24, 2.45) is 0 Å². The summed E-state index contributed by atoms with van der Waals surface area (Å²) < 4.78 is 0. The number of phenols is 1. The lowest BCUT2D eigenvalue weighted by Gasteiger charge is -2.25. The van der Waals surface area contributed by atoms with Crippen LogP contribution in [-0.2, 0) is 9.59 Å². The fourth-order valence-corrected chi connectivity index (χ4v) is 3.55. The summed E-state index contributed by atoms with van der Waals surface area (Å²) in [5, 5.41) is 21.6. The molecule has 0 aliphatic carbocycles. The van der Waals surface area contributed by atoms with E-state index in [1.165, 1.54) is 24.4 Å². The molecule has 0 saturated carbocycles. The van der Waals surface area contributed by atoms with Crippen LogP contribution in [0.1, 0.15) is 17.3 Å². The summed E-state index contributed by atoms with van der Waals surface area (Å²) >= 11 is 6.02. The zero-order valence-electron chi connectivity index (χ0n) is 15.0. The first kappa shape index (κ1) is 18.7. The minimum atomic E-state index is -1.01. The van der Waals surface area contributed by atoms with Crippen molar-refractivity contribution < 1.29 is 19.8 Å². The number of hydrogen-bond donors (Lipinski definition) is 2. The average molecular weight is 407 g/mol. The van der Waals surface area contributed by atoms with Gasteiger partial charge in [0.15, 0.2) is 0 Å². The Morgan fingerprint density at radius 1 is 1.00 bits per heavy atom. The molecular formula is C22H15ClN2O4. The number of Topliss-reactive ketones (excluding diaryl/α,β-unsaturated/α-hetero) is 1. The van der Waals surface area contributed by atoms with Gasteiger partial charge in [0.05, 0.1) is 17.0 Å². The number of aromatic nitrogens is 1. The third-order valence-corrected chi connectivity index (χ3v) is 4.89. The molecule has 0 spiro atoms. The predicted octanol–water partition coefficient (Wildman–Crippen LogP) is 4.07. The molecule has 144 valence electrons. The molecule has 2 N–H and O–H groups in total. The van der Waals surface area contributed by atoms with E-state index in [9.17, 15) is 19.8 Å². The van der Waals surface area contributed by atoms with E-state index in [0.717, 1.165) is 4.90 Å². The van der Waals surface area contributed by atoms with Crippen molar-refractivity contribution in [3.8, 4) is 5.75 Å². The molecule has 1 unspecified atom stereocenters. The topological polar surface area (TPSA) is 90.7 Å². The molecule has 3 aromatic rings. The standard InChI is InChI=1S/C22H15ClN2O4/c23-14-7-5-6-13(12-14)20(27)18-19(15-8-3-4-11-24-15)25(22(29)21(18)28)16-9-1-2-10-17(16)26/h1-12,19,26-27H/b20-18-. The van der Waals surface area contributed by atoms with E-state index in [-0.39, 0.29) is 22.8 Å². The summed E-state index contributed by atoms with van der Waals surface area (Å²) in [6.07, 6.45) is 1.53. The van der Waals surface area contributed by atoms with Crippen LogP contribution in [0.5, 0.6) is 5.75 Å². The van der Waals surface area contributed by atoms with E-state index in [2.05, 4.69) is 4.98 Å². The molecule has 0 radical (unpaired) electrons. The number of pyridine rings is 1. The molecule has 1 atom stereocenters. The van der Waals surface area contributed by atoms with Crippen LogP contribution in [-0.4, -0.2) is 26.9 Å². The Kier molecular flexibility index (Phi) is 4.78. The molecule has 0 bridgehead atoms. The monoisotopic (exact) mass is 406 g/mol. The third kappa shape index (κ3) is 3.23. The van der Waals surface area contributed by atoms with Crippen LogP contribution in [0.4, 0.5) is 5.69 Å². The van der Waals surface area contributed by atoms with Gasteiger partial charge in [-0.2, -0.15) is 0 Å². The fraction of sp³-hybridized carbons (Fsp3) is 0.0455. The Morgan fingerprint density at radius 3 is 2.45 bits per heavy atom. The van der Waals surface area contributed by atoms with Gasteiger partial charge in [-0.1, -0.05) is 41.9 Å². The predicted molar refractivity (Wildman–Crippen MR) is 109 cm³/mol. The lowest BCUT2D eigenvalue weighted by Crippen LogP contribution is -2.29. The second kappa shape index (κ2) is 7.41. The first-order chi connectivity index (χ1) is 14.0. The summed E-state index contributed by atoms with van der Waals surface area (Å²) in [6.45, 7) is 0. The number of carbonyl (C=O) groups is 2. The molecule has 1 amide bonds. The first-order valence-corrected chi connectivity index (χ1v) is 9.12. The van der Waals surface area contributed by atoms with Crippen LogP contribution < -0.4 is 4.90 Å². The van der Waals surface area contributed by atoms with Crippen molar-refractivity contribution in [2.75, 3.05) is 4.90 Å². The van der Waals surface area contributed by atoms with Gasteiger partial charge >= 0.3 is 0 Å². The number of para-hydroxylation sites is 2. The summed E-state index contributed by atoms with van der Waals surface area (Å²) in [5.41, 5.74) is 0.696. The van der Waals surface area contributed by atoms with Crippen LogP contribution >= 0.6 is 11.6 Å². The minimum absolute atomic E-state index is 0.126. The Morgan fingerprint density at radius 2 is 1.76 bits per heavy atom. The van der Waals surface area contributed by atoms with Gasteiger partial charge < -0.3 is 10.2 Å². The van der Waals surface area contributed by atoms with Gasteiger partial charge in [-0.05, 0) is 36.4 Å². The Balaban J connectivity index is 1.97. The van der Waals surface area contributed by atoms with Crippen LogP contribution in [0.2, 0.25) is 5.02 Å². The van der Waals surface area contributed by atoms with Crippen LogP contribution in [0.15, 0.2) is 78.5 Å². The molecular weight excluding hydrogens is 392 g/mol. The summed E-state index contributed by atoms with van der Waals surface area (Å²) in [6, 6.07) is 16.6. The molecule has 1 saturated heterocycles. The maximum absolute atomic E-state index is 12.9. The minimum Gasteiger partial charge on any atom is -0.507 e. The molecule has 4 rings (SSSR count). The van der Waals surface area contributed by atoms with Crippen molar-refractivity contribution in [2.45, 2.75) is 6.04 Å². The number of hydrogen-bond acceptors (Lipinski definition) is 5. The van der Waals surface area contributed by atoms with Crippen LogP contribution in [0.25, 0.3) is 5.76 Å². The SMILES string of the molecule is O=C1C(=O)N(c2ccccc2O)C(c2ccccn2)/C1=C(/O)c1cccc(Cl)c1. The number of benzene rings is 2. The normalized spacial score (nSPS) is 18.2. The lowest BCUT2D eigenvalue weighted by molar-refractivity contribution is -0.132. The highest BCUT2D eigenvalue weighted by molar-refractivity contribution is 6.51. The number of halogens is 1. The second-order valence-corrected chi connectivity index (χ2v) is 6.86. The van der Waals surface area contributed by atoms with Gasteiger partial charge in [-0.15, -0.1) is 0 Å². The highest BCUT2D eigenvalue weighted by atomic mass is 35.5. The largest absolute Gasteiger partial charge is 0.507 e. The number of anilines is 1. The van der Waals surface area contributed by atoms with Gasteiger partial charge in [-0.25, -0.2) is 0 Å². The zero-order valence-corrected chi connectivity index (χ0v) is 15.7. The number of nitrogens with zero attached hydrogens (tertiary/aromatic N) is 2. The quantitative estimate of drug-likeness (QED) is 0.389. The van der Waals surface area contributed by atoms with E-state index in [1.54, 1.807) is 48.5 Å². The van der Waals surface area contributed by atoms with Crippen LogP contribution in [0.3, 0.4) is 0 Å². The molecule has 7 heteroatoms. The molecule has 1 fully saturated rings. The summed E-state index contributed by atoms with van der Waals surface area (Å²) in [5.74, 6) is -2.27. The van der Waals surface area contributed by atoms with E-state index >= 15 is 0 Å². The second-order valence-electron chi connectivity index (χ2n) is 6.42. The molecule has 1 aromatic heterocycles. The van der Waals surface area contributed by atoms with Crippen molar-refractivity contribution in [1.82, 2.24) is 4.98 Å². The number of phenolic OH excluding ortho intramolecular Hbond substituents is 1. The Bertz CT molecular complexity index is 1140. The molecule has 2 heterocycles. The average Bonchev–Trinajstić information content (AvgIpc) is 2.99. The van der Waals surface area contributed by atoms with Gasteiger partial charge in [-0.3, -0.25) is 19.5 Å². The maximum Gasteiger partial charge on any atom is 0.300 e. The highest BCUT2D eigenvalue weighted by Crippen LogP contribution is 2.44. The molecule has 1 aliphatic heterocycles. The van der Waals surface area contributed by atoms with Crippen LogP contribution in [0, 0.1) is 0 Å². The molecule has 6 nitrogen and oxygen atoms in total. The Labute approximate surface area is 171 Å². The maximum atomic E-state index is 12.9. The Hall–Kier alpha value is -3.64. The van der Waals surface area contributed by atoms with Gasteiger partial charge in [0.1, 0.15) is 17.6 Å². The summed E-state index contributed by atoms with van der Waals surface area (Å²) in [4.78, 5) is 31.3. The number of aliphatic hydroxyl groups is 1. The fourth-order valence-electron chi connectivity index (χ4n) is 3.36. The highest BCUT2D eigenvalue weighted by Gasteiger charge is 2.48. The molecule has 2 aromatic carbocycles. The van der Waals surface area contributed by atoms with E-state index in [1.807, 2.05) is 0 Å². The summed E-state index contributed by atoms with van der Waals surface area (Å²) in [7, 11) is 0. The third-order valence-electron chi connectivity index (χ3n) is 4.65. The van der Waals surface area contributed by atoms with Gasteiger partial charge in [0.25, 0.3) is 11.7 Å². The van der Waals surface area contributed by atoms with Crippen molar-refractivity contribution >= 4 is 34.7 Å².